The van der Waals surface area contributed by atoms with E-state index in [1.54, 1.807) is 0 Å². The van der Waals surface area contributed by atoms with E-state index in [1.165, 1.54) is 0 Å². The summed E-state index contributed by atoms with van der Waals surface area (Å²) in [6, 6.07) is -0.469. The van der Waals surface area contributed by atoms with E-state index in [4.69, 9.17) is 0 Å². The predicted octanol–water partition coefficient (Wildman–Crippen LogP) is 0.941. The van der Waals surface area contributed by atoms with Crippen molar-refractivity contribution < 1.29 is 22.7 Å². The van der Waals surface area contributed by atoms with Crippen LogP contribution in [0.4, 0.5) is 13.2 Å². The average Bonchev–Trinajstić information content (AvgIpc) is 2.04. The lowest BCUT2D eigenvalue weighted by Gasteiger charge is -2.04. The molecule has 0 N–H and O–H groups in total. The monoisotopic (exact) mass is 191 g/mol. The van der Waals surface area contributed by atoms with Gasteiger partial charge in [-0.1, -0.05) is 0 Å². The van der Waals surface area contributed by atoms with Crippen LogP contribution in [0.5, 0.6) is 6.01 Å². The second-order valence-electron chi connectivity index (χ2n) is 1.94. The number of halogens is 3. The Morgan fingerprint density at radius 1 is 1.31 bits per heavy atom. The minimum absolute atomic E-state index is 0.469. The predicted molar refractivity (Wildman–Crippen MR) is 33.4 cm³/mol. The maximum atomic E-state index is 11.9. The Labute approximate surface area is 70.4 Å². The molecule has 7 heteroatoms. The zero-order valence-corrected chi connectivity index (χ0v) is 6.00. The van der Waals surface area contributed by atoms with Crippen LogP contribution in [0, 0.1) is 0 Å². The summed E-state index contributed by atoms with van der Waals surface area (Å²) in [5, 5.41) is 0. The SMILES string of the molecule is O=[C]Oc1ncc(C(F)(F)F)cn1. The lowest BCUT2D eigenvalue weighted by atomic mass is 10.3. The molecule has 0 amide bonds. The molecular weight excluding hydrogens is 189 g/mol. The maximum absolute atomic E-state index is 11.9. The Kier molecular flexibility index (Phi) is 2.45. The van der Waals surface area contributed by atoms with Crippen LogP contribution in [0.25, 0.3) is 0 Å². The summed E-state index contributed by atoms with van der Waals surface area (Å²) in [5.41, 5.74) is -1.01. The Hall–Kier alpha value is -1.66. The number of aromatic nitrogens is 2. The van der Waals surface area contributed by atoms with Gasteiger partial charge in [-0.2, -0.15) is 13.2 Å². The first kappa shape index (κ1) is 9.43. The van der Waals surface area contributed by atoms with Crippen molar-refractivity contribution in [2.24, 2.45) is 0 Å². The fraction of sp³-hybridized carbons (Fsp3) is 0.167. The van der Waals surface area contributed by atoms with E-state index >= 15 is 0 Å². The largest absolute Gasteiger partial charge is 0.425 e. The van der Waals surface area contributed by atoms with Crippen molar-refractivity contribution in [1.29, 1.82) is 0 Å². The second-order valence-corrected chi connectivity index (χ2v) is 1.94. The molecule has 0 saturated heterocycles. The molecule has 1 radical (unpaired) electrons. The van der Waals surface area contributed by atoms with Crippen LogP contribution in [0.2, 0.25) is 0 Å². The van der Waals surface area contributed by atoms with Crippen molar-refractivity contribution in [2.45, 2.75) is 6.18 Å². The molecule has 1 rings (SSSR count). The van der Waals surface area contributed by atoms with Crippen LogP contribution in [-0.2, 0) is 11.0 Å². The first-order valence-corrected chi connectivity index (χ1v) is 2.97. The Balaban J connectivity index is 2.87. The van der Waals surface area contributed by atoms with Crippen molar-refractivity contribution >= 4 is 6.47 Å². The summed E-state index contributed by atoms with van der Waals surface area (Å²) in [7, 11) is 0. The topological polar surface area (TPSA) is 52.1 Å². The highest BCUT2D eigenvalue weighted by molar-refractivity contribution is 5.42. The molecule has 0 spiro atoms. The molecule has 1 aromatic rings. The van der Waals surface area contributed by atoms with Gasteiger partial charge in [0.25, 0.3) is 0 Å². The molecule has 0 bridgehead atoms. The van der Waals surface area contributed by atoms with E-state index in [9.17, 15) is 18.0 Å². The smallest absolute Gasteiger partial charge is 0.382 e. The van der Waals surface area contributed by atoms with E-state index < -0.39 is 17.8 Å². The van der Waals surface area contributed by atoms with Crippen molar-refractivity contribution in [3.63, 3.8) is 0 Å². The molecule has 4 nitrogen and oxygen atoms in total. The van der Waals surface area contributed by atoms with Gasteiger partial charge < -0.3 is 4.74 Å². The standard InChI is InChI=1S/C6H2F3N2O2/c7-6(8,9)4-1-10-5(11-2-4)13-3-12/h1-2H. The highest BCUT2D eigenvalue weighted by Gasteiger charge is 2.31. The van der Waals surface area contributed by atoms with E-state index in [0.717, 1.165) is 6.47 Å². The fourth-order valence-electron chi connectivity index (χ4n) is 0.553. The summed E-state index contributed by atoms with van der Waals surface area (Å²) in [5.74, 6) is 0. The fourth-order valence-corrected chi connectivity index (χ4v) is 0.553. The van der Waals surface area contributed by atoms with E-state index in [0.29, 0.717) is 12.4 Å². The van der Waals surface area contributed by atoms with Gasteiger partial charge in [0.15, 0.2) is 0 Å². The summed E-state index contributed by atoms with van der Waals surface area (Å²) in [6.45, 7) is 0.986. The van der Waals surface area contributed by atoms with Crippen molar-refractivity contribution in [2.75, 3.05) is 0 Å². The molecule has 1 heterocycles. The van der Waals surface area contributed by atoms with E-state index in [2.05, 4.69) is 14.7 Å². The van der Waals surface area contributed by atoms with Gasteiger partial charge in [-0.3, -0.25) is 0 Å². The molecule has 0 aromatic carbocycles. The van der Waals surface area contributed by atoms with Crippen LogP contribution in [-0.4, -0.2) is 16.4 Å². The molecule has 13 heavy (non-hydrogen) atoms. The van der Waals surface area contributed by atoms with Gasteiger partial charge in [0.2, 0.25) is 0 Å². The summed E-state index contributed by atoms with van der Waals surface area (Å²) in [4.78, 5) is 15.8. The number of rotatable bonds is 2. The molecule has 0 fully saturated rings. The van der Waals surface area contributed by atoms with Crippen LogP contribution >= 0.6 is 0 Å². The minimum Gasteiger partial charge on any atom is -0.382 e. The molecule has 1 aromatic heterocycles. The summed E-state index contributed by atoms with van der Waals surface area (Å²) in [6.07, 6.45) is -3.47. The molecule has 0 atom stereocenters. The molecule has 0 aliphatic carbocycles. The third-order valence-corrected chi connectivity index (χ3v) is 1.09. The lowest BCUT2D eigenvalue weighted by molar-refractivity contribution is -0.138. The van der Waals surface area contributed by atoms with Gasteiger partial charge >= 0.3 is 18.7 Å². The first-order chi connectivity index (χ1) is 6.04. The average molecular weight is 191 g/mol. The highest BCUT2D eigenvalue weighted by atomic mass is 19.4. The third-order valence-electron chi connectivity index (χ3n) is 1.09. The van der Waals surface area contributed by atoms with Gasteiger partial charge in [-0.15, -0.1) is 0 Å². The molecule has 0 aliphatic heterocycles. The molecule has 0 saturated carbocycles. The van der Waals surface area contributed by atoms with E-state index in [-0.39, 0.29) is 0 Å². The van der Waals surface area contributed by atoms with Gasteiger partial charge in [0.05, 0.1) is 5.56 Å². The van der Waals surface area contributed by atoms with Gasteiger partial charge in [-0.25, -0.2) is 14.8 Å². The Morgan fingerprint density at radius 2 is 1.85 bits per heavy atom. The van der Waals surface area contributed by atoms with Crippen LogP contribution in [0.1, 0.15) is 5.56 Å². The second kappa shape index (κ2) is 3.38. The van der Waals surface area contributed by atoms with Crippen LogP contribution in [0.15, 0.2) is 12.4 Å². The highest BCUT2D eigenvalue weighted by Crippen LogP contribution is 2.28. The van der Waals surface area contributed by atoms with Crippen LogP contribution < -0.4 is 4.74 Å². The molecular formula is C6H2F3N2O2. The molecule has 0 unspecified atom stereocenters. The maximum Gasteiger partial charge on any atom is 0.425 e. The number of alkyl halides is 3. The van der Waals surface area contributed by atoms with Crippen LogP contribution in [0.3, 0.4) is 0 Å². The first-order valence-electron chi connectivity index (χ1n) is 2.97. The normalized spacial score (nSPS) is 11.0. The quantitative estimate of drug-likeness (QED) is 0.698. The van der Waals surface area contributed by atoms with Gasteiger partial charge in [0, 0.05) is 12.4 Å². The van der Waals surface area contributed by atoms with Gasteiger partial charge in [-0.05, 0) is 0 Å². The van der Waals surface area contributed by atoms with Crippen molar-refractivity contribution in [1.82, 2.24) is 9.97 Å². The molecule has 0 aliphatic rings. The Bertz CT molecular complexity index is 296. The number of hydrogen-bond donors (Lipinski definition) is 0. The van der Waals surface area contributed by atoms with Gasteiger partial charge in [0.1, 0.15) is 0 Å². The zero-order valence-electron chi connectivity index (χ0n) is 6.00. The third kappa shape index (κ3) is 2.39. The number of ether oxygens (including phenoxy) is 1. The zero-order chi connectivity index (χ0) is 9.90. The lowest BCUT2D eigenvalue weighted by Crippen LogP contribution is -2.07. The number of nitrogens with zero attached hydrogens (tertiary/aromatic N) is 2. The van der Waals surface area contributed by atoms with E-state index in [1.807, 2.05) is 0 Å². The van der Waals surface area contributed by atoms with Crippen molar-refractivity contribution in [3.8, 4) is 6.01 Å². The summed E-state index contributed by atoms with van der Waals surface area (Å²) < 4.78 is 39.7. The minimum atomic E-state index is -4.50. The summed E-state index contributed by atoms with van der Waals surface area (Å²) >= 11 is 0. The number of hydrogen-bond acceptors (Lipinski definition) is 4. The van der Waals surface area contributed by atoms with Crippen molar-refractivity contribution in [3.05, 3.63) is 18.0 Å². The molecule has 69 valence electrons. The number of carbonyl (C=O) groups excluding carboxylic acids is 1. The Morgan fingerprint density at radius 3 is 2.23 bits per heavy atom.